The van der Waals surface area contributed by atoms with Crippen LogP contribution >= 0.6 is 0 Å². The lowest BCUT2D eigenvalue weighted by Gasteiger charge is -2.26. The molecule has 2 aromatic rings. The molecule has 0 bridgehead atoms. The Kier molecular flexibility index (Phi) is 8.17. The van der Waals surface area contributed by atoms with E-state index in [-0.39, 0.29) is 30.6 Å². The molecule has 1 atom stereocenters. The van der Waals surface area contributed by atoms with Crippen LogP contribution in [-0.4, -0.2) is 61.8 Å². The summed E-state index contributed by atoms with van der Waals surface area (Å²) in [6, 6.07) is 11.2. The summed E-state index contributed by atoms with van der Waals surface area (Å²) >= 11 is 0. The number of ketones is 1. The van der Waals surface area contributed by atoms with Crippen molar-refractivity contribution in [1.82, 2.24) is 4.90 Å². The Bertz CT molecular complexity index is 1080. The van der Waals surface area contributed by atoms with Crippen molar-refractivity contribution >= 4 is 17.4 Å². The maximum Gasteiger partial charge on any atom is 0.295 e. The molecule has 0 spiro atoms. The Morgan fingerprint density at radius 1 is 1.06 bits per heavy atom. The van der Waals surface area contributed by atoms with Gasteiger partial charge in [0.15, 0.2) is 11.5 Å². The summed E-state index contributed by atoms with van der Waals surface area (Å²) in [5.74, 6) is -0.273. The van der Waals surface area contributed by atoms with Crippen molar-refractivity contribution < 1.29 is 33.6 Å². The third-order valence-corrected chi connectivity index (χ3v) is 5.47. The molecule has 0 aliphatic carbocycles. The van der Waals surface area contributed by atoms with Gasteiger partial charge in [-0.3, -0.25) is 9.59 Å². The van der Waals surface area contributed by atoms with Crippen LogP contribution in [0, 0.1) is 0 Å². The highest BCUT2D eigenvalue weighted by molar-refractivity contribution is 6.46. The third kappa shape index (κ3) is 5.17. The molecular weight excluding hydrogens is 438 g/mol. The highest BCUT2D eigenvalue weighted by Gasteiger charge is 2.46. The molecule has 1 fully saturated rings. The second kappa shape index (κ2) is 11.1. The van der Waals surface area contributed by atoms with Crippen molar-refractivity contribution in [3.63, 3.8) is 0 Å². The fraction of sp³-hybridized carbons (Fsp3) is 0.385. The summed E-state index contributed by atoms with van der Waals surface area (Å²) in [4.78, 5) is 27.6. The molecule has 3 rings (SSSR count). The van der Waals surface area contributed by atoms with E-state index in [0.29, 0.717) is 35.0 Å². The molecule has 1 heterocycles. The molecule has 1 aliphatic heterocycles. The zero-order chi connectivity index (χ0) is 24.8. The Morgan fingerprint density at radius 3 is 2.44 bits per heavy atom. The molecule has 1 saturated heterocycles. The van der Waals surface area contributed by atoms with Gasteiger partial charge in [-0.25, -0.2) is 0 Å². The molecule has 2 aromatic carbocycles. The Morgan fingerprint density at radius 2 is 1.79 bits per heavy atom. The van der Waals surface area contributed by atoms with Gasteiger partial charge in [-0.15, -0.1) is 0 Å². The molecule has 1 unspecified atom stereocenters. The first-order chi connectivity index (χ1) is 16.3. The number of aliphatic hydroxyl groups excluding tert-OH is 1. The lowest BCUT2D eigenvalue weighted by atomic mass is 9.95. The SMILES string of the molecule is CCOc1cccc(C2/C(=C(\O)c3ccc(OC)c(OC)c3)C(=O)C(=O)N2CCOC(C)C)c1. The van der Waals surface area contributed by atoms with E-state index in [1.54, 1.807) is 42.5 Å². The molecular formula is C26H31NO7. The third-order valence-electron chi connectivity index (χ3n) is 5.47. The van der Waals surface area contributed by atoms with Crippen LogP contribution in [0.2, 0.25) is 0 Å². The first-order valence-corrected chi connectivity index (χ1v) is 11.2. The standard InChI is InChI=1S/C26H31NO7/c1-6-33-19-9-7-8-17(14-19)23-22(25(29)26(30)27(23)12-13-34-16(2)3)24(28)18-10-11-20(31-4)21(15-18)32-5/h7-11,14-16,23,28H,6,12-13H2,1-5H3/b24-22+. The number of carbonyl (C=O) groups excluding carboxylic acids is 2. The van der Waals surface area contributed by atoms with Gasteiger partial charge in [0.1, 0.15) is 11.5 Å². The van der Waals surface area contributed by atoms with Crippen molar-refractivity contribution in [2.24, 2.45) is 0 Å². The van der Waals surface area contributed by atoms with Gasteiger partial charge in [0, 0.05) is 12.1 Å². The predicted molar refractivity (Wildman–Crippen MR) is 127 cm³/mol. The Labute approximate surface area is 199 Å². The minimum atomic E-state index is -0.802. The van der Waals surface area contributed by atoms with Crippen LogP contribution in [0.4, 0.5) is 0 Å². The molecule has 1 amide bonds. The lowest BCUT2D eigenvalue weighted by molar-refractivity contribution is -0.140. The zero-order valence-electron chi connectivity index (χ0n) is 20.2. The maximum absolute atomic E-state index is 13.2. The smallest absolute Gasteiger partial charge is 0.295 e. The molecule has 0 radical (unpaired) electrons. The first kappa shape index (κ1) is 25.1. The van der Waals surface area contributed by atoms with Crippen molar-refractivity contribution in [1.29, 1.82) is 0 Å². The Hall–Kier alpha value is -3.52. The number of hydrogen-bond donors (Lipinski definition) is 1. The zero-order valence-corrected chi connectivity index (χ0v) is 20.2. The highest BCUT2D eigenvalue weighted by atomic mass is 16.5. The lowest BCUT2D eigenvalue weighted by Crippen LogP contribution is -2.33. The second-order valence-corrected chi connectivity index (χ2v) is 7.99. The number of benzene rings is 2. The Balaban J connectivity index is 2.13. The van der Waals surface area contributed by atoms with Crippen LogP contribution < -0.4 is 14.2 Å². The maximum atomic E-state index is 13.2. The van der Waals surface area contributed by atoms with E-state index in [0.717, 1.165) is 0 Å². The number of amides is 1. The van der Waals surface area contributed by atoms with Crippen LogP contribution in [0.3, 0.4) is 0 Å². The summed E-state index contributed by atoms with van der Waals surface area (Å²) in [5.41, 5.74) is 0.979. The minimum Gasteiger partial charge on any atom is -0.507 e. The van der Waals surface area contributed by atoms with Gasteiger partial charge in [-0.2, -0.15) is 0 Å². The predicted octanol–water partition coefficient (Wildman–Crippen LogP) is 3.95. The number of rotatable bonds is 10. The van der Waals surface area contributed by atoms with E-state index in [9.17, 15) is 14.7 Å². The summed E-state index contributed by atoms with van der Waals surface area (Å²) in [6.45, 7) is 6.58. The number of carbonyl (C=O) groups is 2. The number of ether oxygens (including phenoxy) is 4. The monoisotopic (exact) mass is 469 g/mol. The van der Waals surface area contributed by atoms with Crippen LogP contribution in [0.5, 0.6) is 17.2 Å². The van der Waals surface area contributed by atoms with Crippen molar-refractivity contribution in [3.8, 4) is 17.2 Å². The van der Waals surface area contributed by atoms with Gasteiger partial charge in [0.05, 0.1) is 45.2 Å². The quantitative estimate of drug-likeness (QED) is 0.320. The molecule has 0 saturated carbocycles. The number of likely N-dealkylation sites (tertiary alicyclic amines) is 1. The molecule has 1 N–H and O–H groups in total. The van der Waals surface area contributed by atoms with Gasteiger partial charge < -0.3 is 29.0 Å². The van der Waals surface area contributed by atoms with E-state index < -0.39 is 17.7 Å². The minimum absolute atomic E-state index is 0.00425. The first-order valence-electron chi connectivity index (χ1n) is 11.2. The van der Waals surface area contributed by atoms with Crippen molar-refractivity contribution in [3.05, 3.63) is 59.2 Å². The molecule has 0 aromatic heterocycles. The van der Waals surface area contributed by atoms with Crippen molar-refractivity contribution in [2.75, 3.05) is 34.0 Å². The van der Waals surface area contributed by atoms with Gasteiger partial charge in [-0.05, 0) is 56.7 Å². The largest absolute Gasteiger partial charge is 0.507 e. The average Bonchev–Trinajstić information content (AvgIpc) is 3.08. The van der Waals surface area contributed by atoms with Gasteiger partial charge in [-0.1, -0.05) is 12.1 Å². The van der Waals surface area contributed by atoms with E-state index in [4.69, 9.17) is 18.9 Å². The van der Waals surface area contributed by atoms with E-state index in [1.807, 2.05) is 20.8 Å². The van der Waals surface area contributed by atoms with E-state index in [1.165, 1.54) is 19.1 Å². The highest BCUT2D eigenvalue weighted by Crippen LogP contribution is 2.41. The van der Waals surface area contributed by atoms with Gasteiger partial charge in [0.25, 0.3) is 11.7 Å². The van der Waals surface area contributed by atoms with E-state index in [2.05, 4.69) is 0 Å². The van der Waals surface area contributed by atoms with Crippen LogP contribution in [0.15, 0.2) is 48.0 Å². The molecule has 182 valence electrons. The summed E-state index contributed by atoms with van der Waals surface area (Å²) < 4.78 is 21.8. The average molecular weight is 470 g/mol. The number of Topliss-reactive ketones (excluding diaryl/α,β-unsaturated/α-hetero) is 1. The normalized spacial score (nSPS) is 17.4. The second-order valence-electron chi connectivity index (χ2n) is 7.99. The summed E-state index contributed by atoms with van der Waals surface area (Å²) in [7, 11) is 2.99. The van der Waals surface area contributed by atoms with Crippen LogP contribution in [0.1, 0.15) is 37.9 Å². The fourth-order valence-electron chi connectivity index (χ4n) is 3.92. The molecule has 8 nitrogen and oxygen atoms in total. The van der Waals surface area contributed by atoms with Crippen LogP contribution in [-0.2, 0) is 14.3 Å². The summed E-state index contributed by atoms with van der Waals surface area (Å²) in [5, 5.41) is 11.2. The van der Waals surface area contributed by atoms with Gasteiger partial charge in [0.2, 0.25) is 0 Å². The topological polar surface area (TPSA) is 94.5 Å². The fourth-order valence-corrected chi connectivity index (χ4v) is 3.92. The van der Waals surface area contributed by atoms with E-state index >= 15 is 0 Å². The number of nitrogens with zero attached hydrogens (tertiary/aromatic N) is 1. The summed E-state index contributed by atoms with van der Waals surface area (Å²) in [6.07, 6.45) is -0.0247. The number of hydrogen-bond acceptors (Lipinski definition) is 7. The van der Waals surface area contributed by atoms with Gasteiger partial charge >= 0.3 is 0 Å². The molecule has 1 aliphatic rings. The molecule has 34 heavy (non-hydrogen) atoms. The molecule has 8 heteroatoms. The van der Waals surface area contributed by atoms with Crippen LogP contribution in [0.25, 0.3) is 5.76 Å². The number of aliphatic hydroxyl groups is 1. The number of methoxy groups -OCH3 is 2. The van der Waals surface area contributed by atoms with Crippen molar-refractivity contribution in [2.45, 2.75) is 32.9 Å².